The van der Waals surface area contributed by atoms with Crippen molar-refractivity contribution in [3.05, 3.63) is 59.2 Å². The minimum absolute atomic E-state index is 0.0405. The highest BCUT2D eigenvalue weighted by atomic mass is 35.5. The number of benzene rings is 1. The number of carbonyl (C=O) groups is 2. The molecule has 4 nitrogen and oxygen atoms in total. The highest BCUT2D eigenvalue weighted by Gasteiger charge is 2.20. The lowest BCUT2D eigenvalue weighted by Crippen LogP contribution is -2.26. The van der Waals surface area contributed by atoms with E-state index < -0.39 is 18.0 Å². The van der Waals surface area contributed by atoms with Crippen molar-refractivity contribution >= 4 is 23.4 Å². The van der Waals surface area contributed by atoms with E-state index in [2.05, 4.69) is 0 Å². The summed E-state index contributed by atoms with van der Waals surface area (Å²) in [6.45, 7) is 3.54. The van der Waals surface area contributed by atoms with Gasteiger partial charge in [-0.05, 0) is 37.3 Å². The number of rotatable bonds is 8. The third kappa shape index (κ3) is 6.80. The van der Waals surface area contributed by atoms with Crippen molar-refractivity contribution in [1.82, 2.24) is 0 Å². The Bertz CT molecular complexity index is 575. The van der Waals surface area contributed by atoms with Gasteiger partial charge in [0.15, 0.2) is 5.78 Å². The first-order valence-electron chi connectivity index (χ1n) is 7.39. The van der Waals surface area contributed by atoms with Gasteiger partial charge in [0, 0.05) is 17.4 Å². The van der Waals surface area contributed by atoms with Crippen LogP contribution < -0.4 is 0 Å². The summed E-state index contributed by atoms with van der Waals surface area (Å²) in [6.07, 6.45) is 5.94. The van der Waals surface area contributed by atoms with Crippen LogP contribution >= 0.6 is 11.6 Å². The first-order valence-corrected chi connectivity index (χ1v) is 7.77. The number of aliphatic hydroxyl groups is 1. The maximum Gasteiger partial charge on any atom is 0.338 e. The average molecular weight is 337 g/mol. The highest BCUT2D eigenvalue weighted by Crippen LogP contribution is 2.12. The Labute approximate surface area is 141 Å². The second-order valence-corrected chi connectivity index (χ2v) is 5.51. The van der Waals surface area contributed by atoms with Gasteiger partial charge < -0.3 is 9.84 Å². The molecule has 0 heterocycles. The van der Waals surface area contributed by atoms with E-state index in [1.807, 2.05) is 6.92 Å². The van der Waals surface area contributed by atoms with Crippen LogP contribution in [-0.2, 0) is 9.53 Å². The number of ketones is 1. The number of allylic oxidation sites excluding steroid dienone is 4. The van der Waals surface area contributed by atoms with Gasteiger partial charge in [0.25, 0.3) is 0 Å². The molecule has 0 fully saturated rings. The monoisotopic (exact) mass is 336 g/mol. The Morgan fingerprint density at radius 2 is 1.91 bits per heavy atom. The SMILES string of the molecule is C/C=C/C=C/C(=O)C(C)C(O)CCOC(=O)c1ccc(Cl)cc1. The number of esters is 1. The summed E-state index contributed by atoms with van der Waals surface area (Å²) < 4.78 is 5.08. The van der Waals surface area contributed by atoms with Crippen LogP contribution in [0.4, 0.5) is 0 Å². The summed E-state index contributed by atoms with van der Waals surface area (Å²) in [4.78, 5) is 23.6. The van der Waals surface area contributed by atoms with Crippen molar-refractivity contribution in [2.45, 2.75) is 26.4 Å². The summed E-state index contributed by atoms with van der Waals surface area (Å²) in [5.41, 5.74) is 0.391. The van der Waals surface area contributed by atoms with E-state index in [0.29, 0.717) is 10.6 Å². The van der Waals surface area contributed by atoms with E-state index in [-0.39, 0.29) is 18.8 Å². The molecule has 0 radical (unpaired) electrons. The molecule has 1 aromatic carbocycles. The lowest BCUT2D eigenvalue weighted by Gasteiger charge is -2.16. The third-order valence-electron chi connectivity index (χ3n) is 3.32. The molecule has 0 saturated carbocycles. The molecule has 2 atom stereocenters. The first-order chi connectivity index (χ1) is 11.0. The van der Waals surface area contributed by atoms with Gasteiger partial charge in [-0.1, -0.05) is 36.8 Å². The van der Waals surface area contributed by atoms with Crippen LogP contribution in [-0.4, -0.2) is 29.6 Å². The van der Waals surface area contributed by atoms with Crippen LogP contribution in [0.15, 0.2) is 48.6 Å². The summed E-state index contributed by atoms with van der Waals surface area (Å²) >= 11 is 5.75. The van der Waals surface area contributed by atoms with E-state index in [0.717, 1.165) is 0 Å². The van der Waals surface area contributed by atoms with Crippen LogP contribution in [0.25, 0.3) is 0 Å². The maximum atomic E-state index is 11.8. The number of ether oxygens (including phenoxy) is 1. The summed E-state index contributed by atoms with van der Waals surface area (Å²) in [6, 6.07) is 6.34. The van der Waals surface area contributed by atoms with Gasteiger partial charge in [0.1, 0.15) is 0 Å². The number of hydrogen-bond acceptors (Lipinski definition) is 4. The van der Waals surface area contributed by atoms with Gasteiger partial charge >= 0.3 is 5.97 Å². The number of carbonyl (C=O) groups excluding carboxylic acids is 2. The lowest BCUT2D eigenvalue weighted by atomic mass is 9.97. The Kier molecular flexibility index (Phi) is 8.30. The molecule has 0 aliphatic rings. The van der Waals surface area contributed by atoms with Crippen molar-refractivity contribution in [3.8, 4) is 0 Å². The molecule has 0 bridgehead atoms. The molecule has 0 aliphatic carbocycles. The van der Waals surface area contributed by atoms with Gasteiger partial charge in [-0.15, -0.1) is 0 Å². The second-order valence-electron chi connectivity index (χ2n) is 5.07. The Morgan fingerprint density at radius 3 is 2.52 bits per heavy atom. The van der Waals surface area contributed by atoms with Crippen molar-refractivity contribution in [3.63, 3.8) is 0 Å². The van der Waals surface area contributed by atoms with Crippen LogP contribution in [0.5, 0.6) is 0 Å². The molecule has 2 unspecified atom stereocenters. The average Bonchev–Trinajstić information content (AvgIpc) is 2.54. The Balaban J connectivity index is 2.40. The van der Waals surface area contributed by atoms with Gasteiger partial charge in [0.05, 0.1) is 18.3 Å². The molecular formula is C18H21ClO4. The molecule has 1 aromatic rings. The largest absolute Gasteiger partial charge is 0.462 e. The molecule has 0 spiro atoms. The topological polar surface area (TPSA) is 63.6 Å². The second kappa shape index (κ2) is 9.98. The zero-order valence-electron chi connectivity index (χ0n) is 13.2. The molecule has 5 heteroatoms. The molecule has 0 aromatic heterocycles. The normalized spacial score (nSPS) is 14.1. The van der Waals surface area contributed by atoms with Gasteiger partial charge in [-0.3, -0.25) is 4.79 Å². The van der Waals surface area contributed by atoms with Crippen molar-refractivity contribution < 1.29 is 19.4 Å². The van der Waals surface area contributed by atoms with E-state index in [9.17, 15) is 14.7 Å². The molecule has 1 rings (SSSR count). The fraction of sp³-hybridized carbons (Fsp3) is 0.333. The molecular weight excluding hydrogens is 316 g/mol. The van der Waals surface area contributed by atoms with Gasteiger partial charge in [0.2, 0.25) is 0 Å². The maximum absolute atomic E-state index is 11.8. The van der Waals surface area contributed by atoms with E-state index in [1.165, 1.54) is 6.08 Å². The van der Waals surface area contributed by atoms with Crippen LogP contribution in [0.2, 0.25) is 5.02 Å². The number of aliphatic hydroxyl groups excluding tert-OH is 1. The highest BCUT2D eigenvalue weighted by molar-refractivity contribution is 6.30. The van der Waals surface area contributed by atoms with Gasteiger partial charge in [-0.25, -0.2) is 4.79 Å². The standard InChI is InChI=1S/C18H21ClO4/c1-3-4-5-6-16(20)13(2)17(21)11-12-23-18(22)14-7-9-15(19)10-8-14/h3-10,13,17,21H,11-12H2,1-2H3/b4-3+,6-5+. The van der Waals surface area contributed by atoms with E-state index in [4.69, 9.17) is 16.3 Å². The van der Waals surface area contributed by atoms with E-state index in [1.54, 1.807) is 49.4 Å². The fourth-order valence-electron chi connectivity index (χ4n) is 1.79. The van der Waals surface area contributed by atoms with Crippen LogP contribution in [0.1, 0.15) is 30.6 Å². The third-order valence-corrected chi connectivity index (χ3v) is 3.57. The molecule has 1 N–H and O–H groups in total. The van der Waals surface area contributed by atoms with Crippen LogP contribution in [0, 0.1) is 5.92 Å². The first kappa shape index (κ1) is 19.1. The van der Waals surface area contributed by atoms with Crippen molar-refractivity contribution in [2.24, 2.45) is 5.92 Å². The fourth-order valence-corrected chi connectivity index (χ4v) is 1.92. The lowest BCUT2D eigenvalue weighted by molar-refractivity contribution is -0.121. The van der Waals surface area contributed by atoms with E-state index >= 15 is 0 Å². The Hall–Kier alpha value is -1.91. The number of hydrogen-bond donors (Lipinski definition) is 1. The minimum atomic E-state index is -0.865. The minimum Gasteiger partial charge on any atom is -0.462 e. The zero-order chi connectivity index (χ0) is 17.2. The van der Waals surface area contributed by atoms with Crippen molar-refractivity contribution in [2.75, 3.05) is 6.61 Å². The molecule has 0 amide bonds. The summed E-state index contributed by atoms with van der Waals surface area (Å²) in [7, 11) is 0. The van der Waals surface area contributed by atoms with Gasteiger partial charge in [-0.2, -0.15) is 0 Å². The quantitative estimate of drug-likeness (QED) is 0.447. The molecule has 124 valence electrons. The molecule has 0 saturated heterocycles. The van der Waals surface area contributed by atoms with Crippen molar-refractivity contribution in [1.29, 1.82) is 0 Å². The van der Waals surface area contributed by atoms with Crippen LogP contribution in [0.3, 0.4) is 0 Å². The molecule has 23 heavy (non-hydrogen) atoms. The zero-order valence-corrected chi connectivity index (χ0v) is 14.0. The smallest absolute Gasteiger partial charge is 0.338 e. The summed E-state index contributed by atoms with van der Waals surface area (Å²) in [5.74, 6) is -1.20. The number of halogens is 1. The Morgan fingerprint density at radius 1 is 1.26 bits per heavy atom. The summed E-state index contributed by atoms with van der Waals surface area (Å²) in [5, 5.41) is 10.5. The molecule has 0 aliphatic heterocycles. The predicted molar refractivity (Wildman–Crippen MR) is 90.5 cm³/mol. The predicted octanol–water partition coefficient (Wildman–Crippen LogP) is 3.59.